The molecule has 2 aromatic carbocycles. The molecule has 0 amide bonds. The standard InChI is InChI=1S/C17H18O4/c1-20-16-8-7-12(10-17(16)21-2)14(11-18)9-13-5-3-4-6-15(13)19/h3-10,18-19H,11H2,1-2H3/b14-9+. The summed E-state index contributed by atoms with van der Waals surface area (Å²) in [6, 6.07) is 12.4. The molecule has 4 nitrogen and oxygen atoms in total. The van der Waals surface area contributed by atoms with Crippen molar-refractivity contribution < 1.29 is 19.7 Å². The summed E-state index contributed by atoms with van der Waals surface area (Å²) in [4.78, 5) is 0. The van der Waals surface area contributed by atoms with Crippen LogP contribution in [0.2, 0.25) is 0 Å². The Hall–Kier alpha value is -2.46. The number of methoxy groups -OCH3 is 2. The Morgan fingerprint density at radius 3 is 2.38 bits per heavy atom. The van der Waals surface area contributed by atoms with Crippen LogP contribution in [0.1, 0.15) is 11.1 Å². The fraction of sp³-hybridized carbons (Fsp3) is 0.176. The topological polar surface area (TPSA) is 58.9 Å². The summed E-state index contributed by atoms with van der Waals surface area (Å²) >= 11 is 0. The Morgan fingerprint density at radius 1 is 1.05 bits per heavy atom. The molecule has 0 heterocycles. The summed E-state index contributed by atoms with van der Waals surface area (Å²) in [6.07, 6.45) is 1.75. The smallest absolute Gasteiger partial charge is 0.161 e. The molecule has 110 valence electrons. The van der Waals surface area contributed by atoms with Crippen LogP contribution in [-0.2, 0) is 0 Å². The molecular weight excluding hydrogens is 268 g/mol. The first kappa shape index (κ1) is 14.9. The lowest BCUT2D eigenvalue weighted by Gasteiger charge is -2.11. The Labute approximate surface area is 123 Å². The molecule has 0 fully saturated rings. The van der Waals surface area contributed by atoms with Crippen molar-refractivity contribution in [1.82, 2.24) is 0 Å². The van der Waals surface area contributed by atoms with Crippen molar-refractivity contribution in [3.8, 4) is 17.2 Å². The first-order chi connectivity index (χ1) is 10.2. The summed E-state index contributed by atoms with van der Waals surface area (Å²) in [5.41, 5.74) is 2.13. The molecule has 0 radical (unpaired) electrons. The normalized spacial score (nSPS) is 11.3. The van der Waals surface area contributed by atoms with Crippen LogP contribution in [0.5, 0.6) is 17.2 Å². The largest absolute Gasteiger partial charge is 0.507 e. The maximum atomic E-state index is 9.81. The van der Waals surface area contributed by atoms with Crippen LogP contribution in [0.25, 0.3) is 11.6 Å². The van der Waals surface area contributed by atoms with Crippen molar-refractivity contribution in [2.75, 3.05) is 20.8 Å². The SMILES string of the molecule is COc1ccc(/C(=C/c2ccccc2O)CO)cc1OC. The van der Waals surface area contributed by atoms with E-state index in [0.29, 0.717) is 22.6 Å². The van der Waals surface area contributed by atoms with Crippen LogP contribution in [0.15, 0.2) is 42.5 Å². The lowest BCUT2D eigenvalue weighted by molar-refractivity contribution is 0.349. The van der Waals surface area contributed by atoms with E-state index in [9.17, 15) is 10.2 Å². The highest BCUT2D eigenvalue weighted by Crippen LogP contribution is 2.31. The average Bonchev–Trinajstić information content (AvgIpc) is 2.53. The summed E-state index contributed by atoms with van der Waals surface area (Å²) in [5.74, 6) is 1.39. The maximum Gasteiger partial charge on any atom is 0.161 e. The van der Waals surface area contributed by atoms with Gasteiger partial charge < -0.3 is 19.7 Å². The predicted octanol–water partition coefficient (Wildman–Crippen LogP) is 2.94. The van der Waals surface area contributed by atoms with Crippen molar-refractivity contribution >= 4 is 11.6 Å². The Bertz CT molecular complexity index is 647. The van der Waals surface area contributed by atoms with Gasteiger partial charge in [0.1, 0.15) is 5.75 Å². The number of ether oxygens (including phenoxy) is 2. The second-order valence-corrected chi connectivity index (χ2v) is 4.46. The first-order valence-electron chi connectivity index (χ1n) is 6.51. The van der Waals surface area contributed by atoms with E-state index in [1.165, 1.54) is 0 Å². The number of phenolic OH excluding ortho intramolecular Hbond substituents is 1. The molecule has 0 aliphatic carbocycles. The molecular formula is C17H18O4. The number of aliphatic hydroxyl groups excluding tert-OH is 1. The highest BCUT2D eigenvalue weighted by Gasteiger charge is 2.08. The quantitative estimate of drug-likeness (QED) is 0.830. The number of benzene rings is 2. The molecule has 2 rings (SSSR count). The lowest BCUT2D eigenvalue weighted by atomic mass is 10.0. The number of hydrogen-bond donors (Lipinski definition) is 2. The summed E-state index contributed by atoms with van der Waals surface area (Å²) in [6.45, 7) is -0.149. The molecule has 0 atom stereocenters. The molecule has 0 unspecified atom stereocenters. The fourth-order valence-electron chi connectivity index (χ4n) is 2.05. The molecule has 0 saturated carbocycles. The second-order valence-electron chi connectivity index (χ2n) is 4.46. The van der Waals surface area contributed by atoms with Gasteiger partial charge in [-0.05, 0) is 35.4 Å². The zero-order valence-corrected chi connectivity index (χ0v) is 12.0. The molecule has 2 N–H and O–H groups in total. The second kappa shape index (κ2) is 6.81. The minimum atomic E-state index is -0.149. The zero-order chi connectivity index (χ0) is 15.2. The van der Waals surface area contributed by atoms with Crippen LogP contribution in [-0.4, -0.2) is 31.0 Å². The Morgan fingerprint density at radius 2 is 1.76 bits per heavy atom. The minimum Gasteiger partial charge on any atom is -0.507 e. The van der Waals surface area contributed by atoms with E-state index < -0.39 is 0 Å². The Kier molecular flexibility index (Phi) is 4.85. The van der Waals surface area contributed by atoms with Gasteiger partial charge in [-0.2, -0.15) is 0 Å². The third-order valence-corrected chi connectivity index (χ3v) is 3.19. The van der Waals surface area contributed by atoms with Crippen LogP contribution in [0.4, 0.5) is 0 Å². The lowest BCUT2D eigenvalue weighted by Crippen LogP contribution is -1.95. The van der Waals surface area contributed by atoms with Gasteiger partial charge in [-0.1, -0.05) is 24.3 Å². The van der Waals surface area contributed by atoms with Gasteiger partial charge in [0.25, 0.3) is 0 Å². The van der Waals surface area contributed by atoms with E-state index in [2.05, 4.69) is 0 Å². The molecule has 0 bridgehead atoms. The van der Waals surface area contributed by atoms with E-state index in [1.807, 2.05) is 12.1 Å². The summed E-state index contributed by atoms with van der Waals surface area (Å²) < 4.78 is 10.5. The molecule has 0 saturated heterocycles. The molecule has 0 aliphatic rings. The van der Waals surface area contributed by atoms with E-state index in [-0.39, 0.29) is 12.4 Å². The molecule has 2 aromatic rings. The van der Waals surface area contributed by atoms with Crippen molar-refractivity contribution in [3.63, 3.8) is 0 Å². The third kappa shape index (κ3) is 3.35. The van der Waals surface area contributed by atoms with Gasteiger partial charge in [0.05, 0.1) is 20.8 Å². The number of phenols is 1. The van der Waals surface area contributed by atoms with E-state index >= 15 is 0 Å². The van der Waals surface area contributed by atoms with E-state index in [1.54, 1.807) is 50.6 Å². The third-order valence-electron chi connectivity index (χ3n) is 3.19. The first-order valence-corrected chi connectivity index (χ1v) is 6.51. The van der Waals surface area contributed by atoms with E-state index in [4.69, 9.17) is 9.47 Å². The average molecular weight is 286 g/mol. The molecule has 0 spiro atoms. The highest BCUT2D eigenvalue weighted by atomic mass is 16.5. The van der Waals surface area contributed by atoms with Gasteiger partial charge in [-0.3, -0.25) is 0 Å². The highest BCUT2D eigenvalue weighted by molar-refractivity contribution is 5.84. The van der Waals surface area contributed by atoms with Crippen LogP contribution < -0.4 is 9.47 Å². The molecule has 21 heavy (non-hydrogen) atoms. The summed E-state index contributed by atoms with van der Waals surface area (Å²) in [5, 5.41) is 19.4. The van der Waals surface area contributed by atoms with E-state index in [0.717, 1.165) is 5.56 Å². The van der Waals surface area contributed by atoms with Gasteiger partial charge >= 0.3 is 0 Å². The number of aromatic hydroxyl groups is 1. The predicted molar refractivity (Wildman–Crippen MR) is 82.6 cm³/mol. The van der Waals surface area contributed by atoms with Crippen molar-refractivity contribution in [1.29, 1.82) is 0 Å². The monoisotopic (exact) mass is 286 g/mol. The van der Waals surface area contributed by atoms with Gasteiger partial charge in [0.2, 0.25) is 0 Å². The Balaban J connectivity index is 2.44. The minimum absolute atomic E-state index is 0.149. The van der Waals surface area contributed by atoms with Gasteiger partial charge in [0.15, 0.2) is 11.5 Å². The van der Waals surface area contributed by atoms with Gasteiger partial charge in [-0.25, -0.2) is 0 Å². The van der Waals surface area contributed by atoms with Crippen molar-refractivity contribution in [3.05, 3.63) is 53.6 Å². The molecule has 0 aliphatic heterocycles. The van der Waals surface area contributed by atoms with Gasteiger partial charge in [-0.15, -0.1) is 0 Å². The van der Waals surface area contributed by atoms with Crippen molar-refractivity contribution in [2.24, 2.45) is 0 Å². The van der Waals surface area contributed by atoms with Gasteiger partial charge in [0, 0.05) is 5.56 Å². The molecule has 4 heteroatoms. The number of hydrogen-bond acceptors (Lipinski definition) is 4. The summed E-state index contributed by atoms with van der Waals surface area (Å²) in [7, 11) is 3.13. The van der Waals surface area contributed by atoms with Crippen molar-refractivity contribution in [2.45, 2.75) is 0 Å². The molecule has 0 aromatic heterocycles. The number of para-hydroxylation sites is 1. The van der Waals surface area contributed by atoms with Crippen LogP contribution in [0, 0.1) is 0 Å². The van der Waals surface area contributed by atoms with Crippen LogP contribution >= 0.6 is 0 Å². The number of rotatable bonds is 5. The maximum absolute atomic E-state index is 9.81. The number of aliphatic hydroxyl groups is 1. The fourth-order valence-corrected chi connectivity index (χ4v) is 2.05. The zero-order valence-electron chi connectivity index (χ0n) is 12.0. The van der Waals surface area contributed by atoms with Crippen LogP contribution in [0.3, 0.4) is 0 Å².